The van der Waals surface area contributed by atoms with Gasteiger partial charge < -0.3 is 21.5 Å². The second-order valence-electron chi connectivity index (χ2n) is 7.77. The lowest BCUT2D eigenvalue weighted by Crippen LogP contribution is -2.36. The molecule has 0 unspecified atom stereocenters. The van der Waals surface area contributed by atoms with Gasteiger partial charge in [0.1, 0.15) is 5.82 Å². The number of sulfone groups is 1. The number of halogens is 1. The number of anilines is 3. The fourth-order valence-electron chi connectivity index (χ4n) is 3.34. The van der Waals surface area contributed by atoms with Crippen molar-refractivity contribution in [2.45, 2.75) is 49.1 Å². The fourth-order valence-corrected chi connectivity index (χ4v) is 4.66. The normalized spacial score (nSPS) is 21.8. The maximum atomic E-state index is 11.8. The second-order valence-corrected chi connectivity index (χ2v) is 10.2. The smallest absolute Gasteiger partial charge is 0.271 e. The largest absolute Gasteiger partial charge is 0.390 e. The molecule has 11 heteroatoms. The zero-order chi connectivity index (χ0) is 22.1. The fraction of sp³-hybridized carbons (Fsp3) is 0.421. The first-order valence-corrected chi connectivity index (χ1v) is 11.6. The van der Waals surface area contributed by atoms with Gasteiger partial charge in [0.15, 0.2) is 21.3 Å². The zero-order valence-electron chi connectivity index (χ0n) is 16.6. The third kappa shape index (κ3) is 5.38. The van der Waals surface area contributed by atoms with E-state index >= 15 is 0 Å². The van der Waals surface area contributed by atoms with Gasteiger partial charge in [-0.2, -0.15) is 0 Å². The Morgan fingerprint density at radius 1 is 1.33 bits per heavy atom. The van der Waals surface area contributed by atoms with E-state index in [9.17, 15) is 18.3 Å². The van der Waals surface area contributed by atoms with Crippen LogP contribution in [0.15, 0.2) is 29.3 Å². The maximum Gasteiger partial charge on any atom is 0.271 e. The maximum absolute atomic E-state index is 11.8. The summed E-state index contributed by atoms with van der Waals surface area (Å²) in [5.74, 6) is -0.185. The molecule has 1 aromatic carbocycles. The number of primary amides is 1. The van der Waals surface area contributed by atoms with E-state index in [4.69, 9.17) is 17.3 Å². The van der Waals surface area contributed by atoms with Crippen molar-refractivity contribution >= 4 is 44.7 Å². The number of hydrogen-bond acceptors (Lipinski definition) is 8. The molecule has 162 valence electrons. The highest BCUT2D eigenvalue weighted by Gasteiger charge is 2.29. The molecule has 3 rings (SSSR count). The first-order valence-electron chi connectivity index (χ1n) is 9.37. The topological polar surface area (TPSA) is 147 Å². The molecule has 0 aliphatic heterocycles. The molecule has 1 fully saturated rings. The molecule has 1 amide bonds. The Bertz CT molecular complexity index is 1060. The molecule has 1 saturated carbocycles. The molecule has 0 atom stereocenters. The SMILES string of the molecule is CC1(O)CCC(Nc2cnc(C(N)=O)c(Nc3ccc(S(C)(=O)=O)c(Cl)c3)n2)CC1. The van der Waals surface area contributed by atoms with Crippen LogP contribution in [-0.4, -0.2) is 47.3 Å². The Morgan fingerprint density at radius 2 is 2.00 bits per heavy atom. The van der Waals surface area contributed by atoms with Gasteiger partial charge in [0.05, 0.1) is 21.7 Å². The second kappa shape index (κ2) is 8.37. The van der Waals surface area contributed by atoms with Crippen LogP contribution in [0.25, 0.3) is 0 Å². The molecule has 0 spiro atoms. The summed E-state index contributed by atoms with van der Waals surface area (Å²) in [4.78, 5) is 20.3. The molecule has 2 aromatic rings. The number of aromatic nitrogens is 2. The summed E-state index contributed by atoms with van der Waals surface area (Å²) in [7, 11) is -3.47. The molecular formula is C19H24ClN5O4S. The molecule has 0 bridgehead atoms. The first-order chi connectivity index (χ1) is 13.9. The van der Waals surface area contributed by atoms with Crippen molar-refractivity contribution in [2.75, 3.05) is 16.9 Å². The number of hydrogen-bond donors (Lipinski definition) is 4. The molecule has 1 aliphatic rings. The van der Waals surface area contributed by atoms with Crippen molar-refractivity contribution in [1.29, 1.82) is 0 Å². The molecule has 1 aromatic heterocycles. The summed E-state index contributed by atoms with van der Waals surface area (Å²) in [5, 5.41) is 16.3. The minimum absolute atomic E-state index is 0.000440. The summed E-state index contributed by atoms with van der Waals surface area (Å²) in [6, 6.07) is 4.43. The van der Waals surface area contributed by atoms with E-state index in [0.29, 0.717) is 24.3 Å². The van der Waals surface area contributed by atoms with E-state index in [2.05, 4.69) is 20.6 Å². The van der Waals surface area contributed by atoms with Gasteiger partial charge in [-0.25, -0.2) is 18.4 Å². The lowest BCUT2D eigenvalue weighted by molar-refractivity contribution is 0.0196. The lowest BCUT2D eigenvalue weighted by Gasteiger charge is -2.33. The van der Waals surface area contributed by atoms with E-state index in [1.165, 1.54) is 24.4 Å². The standard InChI is InChI=1S/C19H24ClN5O4S/c1-19(27)7-5-11(6-8-19)23-15-10-22-16(17(21)26)18(25-15)24-12-3-4-14(13(20)9-12)30(2,28)29/h3-4,9-11,27H,5-8H2,1-2H3,(H2,21,26)(H2,23,24,25). The van der Waals surface area contributed by atoms with Crippen molar-refractivity contribution in [3.63, 3.8) is 0 Å². The van der Waals surface area contributed by atoms with Gasteiger partial charge in [0, 0.05) is 18.0 Å². The van der Waals surface area contributed by atoms with Gasteiger partial charge in [-0.3, -0.25) is 4.79 Å². The van der Waals surface area contributed by atoms with Gasteiger partial charge in [-0.05, 0) is 50.8 Å². The number of nitrogens with zero attached hydrogens (tertiary/aromatic N) is 2. The predicted octanol–water partition coefficient (Wildman–Crippen LogP) is 2.48. The molecule has 1 heterocycles. The van der Waals surface area contributed by atoms with E-state index < -0.39 is 21.3 Å². The molecule has 0 radical (unpaired) electrons. The van der Waals surface area contributed by atoms with Crippen LogP contribution < -0.4 is 16.4 Å². The van der Waals surface area contributed by atoms with E-state index in [1.807, 2.05) is 6.92 Å². The highest BCUT2D eigenvalue weighted by atomic mass is 35.5. The van der Waals surface area contributed by atoms with E-state index in [-0.39, 0.29) is 27.5 Å². The Morgan fingerprint density at radius 3 is 2.57 bits per heavy atom. The Hall–Kier alpha value is -2.43. The minimum atomic E-state index is -3.47. The van der Waals surface area contributed by atoms with Crippen molar-refractivity contribution in [2.24, 2.45) is 5.73 Å². The third-order valence-electron chi connectivity index (χ3n) is 5.01. The van der Waals surface area contributed by atoms with Gasteiger partial charge in [0.25, 0.3) is 5.91 Å². The van der Waals surface area contributed by atoms with Crippen LogP contribution in [-0.2, 0) is 9.84 Å². The quantitative estimate of drug-likeness (QED) is 0.521. The average molecular weight is 454 g/mol. The predicted molar refractivity (Wildman–Crippen MR) is 115 cm³/mol. The van der Waals surface area contributed by atoms with Crippen LogP contribution in [0.1, 0.15) is 43.1 Å². The summed E-state index contributed by atoms with van der Waals surface area (Å²) in [6.45, 7) is 1.83. The minimum Gasteiger partial charge on any atom is -0.390 e. The van der Waals surface area contributed by atoms with Crippen molar-refractivity contribution < 1.29 is 18.3 Å². The van der Waals surface area contributed by atoms with Crippen LogP contribution in [0.5, 0.6) is 0 Å². The van der Waals surface area contributed by atoms with E-state index in [0.717, 1.165) is 19.1 Å². The zero-order valence-corrected chi connectivity index (χ0v) is 18.2. The Kier molecular flexibility index (Phi) is 6.21. The van der Waals surface area contributed by atoms with Crippen molar-refractivity contribution in [1.82, 2.24) is 9.97 Å². The van der Waals surface area contributed by atoms with Crippen LogP contribution in [0.4, 0.5) is 17.3 Å². The molecular weight excluding hydrogens is 430 g/mol. The summed E-state index contributed by atoms with van der Waals surface area (Å²) in [6.07, 6.45) is 5.40. The number of nitrogens with two attached hydrogens (primary N) is 1. The van der Waals surface area contributed by atoms with Gasteiger partial charge >= 0.3 is 0 Å². The van der Waals surface area contributed by atoms with Crippen molar-refractivity contribution in [3.05, 3.63) is 35.1 Å². The number of rotatable bonds is 6. The number of nitrogens with one attached hydrogen (secondary N) is 2. The highest BCUT2D eigenvalue weighted by Crippen LogP contribution is 2.30. The number of carbonyl (C=O) groups excluding carboxylic acids is 1. The molecule has 1 aliphatic carbocycles. The van der Waals surface area contributed by atoms with Gasteiger partial charge in [-0.15, -0.1) is 0 Å². The summed E-state index contributed by atoms with van der Waals surface area (Å²) in [5.41, 5.74) is 5.13. The number of benzene rings is 1. The number of aliphatic hydroxyl groups is 1. The van der Waals surface area contributed by atoms with Gasteiger partial charge in [0.2, 0.25) is 0 Å². The Balaban J connectivity index is 1.83. The highest BCUT2D eigenvalue weighted by molar-refractivity contribution is 7.90. The molecule has 9 nitrogen and oxygen atoms in total. The van der Waals surface area contributed by atoms with Crippen LogP contribution in [0.3, 0.4) is 0 Å². The van der Waals surface area contributed by atoms with Gasteiger partial charge in [-0.1, -0.05) is 11.6 Å². The first kappa shape index (κ1) is 22.3. The molecule has 0 saturated heterocycles. The monoisotopic (exact) mass is 453 g/mol. The summed E-state index contributed by atoms with van der Waals surface area (Å²) < 4.78 is 23.5. The lowest BCUT2D eigenvalue weighted by atomic mass is 9.84. The third-order valence-corrected chi connectivity index (χ3v) is 6.59. The number of amides is 1. The van der Waals surface area contributed by atoms with E-state index in [1.54, 1.807) is 0 Å². The average Bonchev–Trinajstić information content (AvgIpc) is 2.62. The van der Waals surface area contributed by atoms with Crippen molar-refractivity contribution in [3.8, 4) is 0 Å². The molecule has 30 heavy (non-hydrogen) atoms. The van der Waals surface area contributed by atoms with Crippen LogP contribution in [0.2, 0.25) is 5.02 Å². The molecule has 5 N–H and O–H groups in total. The van der Waals surface area contributed by atoms with Crippen LogP contribution in [0, 0.1) is 0 Å². The number of carbonyl (C=O) groups is 1. The Labute approximate surface area is 180 Å². The summed E-state index contributed by atoms with van der Waals surface area (Å²) >= 11 is 6.09. The van der Waals surface area contributed by atoms with Crippen LogP contribution >= 0.6 is 11.6 Å².